The molecule has 0 saturated heterocycles. The monoisotopic (exact) mass is 328 g/mol. The van der Waals surface area contributed by atoms with Crippen LogP contribution in [-0.2, 0) is 14.3 Å². The second-order valence-corrected chi connectivity index (χ2v) is 5.20. The van der Waals surface area contributed by atoms with Crippen molar-refractivity contribution in [3.8, 4) is 0 Å². The molecule has 1 aliphatic heterocycles. The van der Waals surface area contributed by atoms with Crippen molar-refractivity contribution in [2.75, 3.05) is 19.5 Å². The molecule has 0 radical (unpaired) electrons. The second kappa shape index (κ2) is 6.15. The molecule has 8 nitrogen and oxygen atoms in total. The zero-order chi connectivity index (χ0) is 17.3. The Morgan fingerprint density at radius 3 is 2.42 bits per heavy atom. The fourth-order valence-electron chi connectivity index (χ4n) is 2.69. The summed E-state index contributed by atoms with van der Waals surface area (Å²) in [5.74, 6) is -0.349. The van der Waals surface area contributed by atoms with Crippen LogP contribution in [0.5, 0.6) is 0 Å². The Balaban J connectivity index is 2.09. The quantitative estimate of drug-likeness (QED) is 0.854. The van der Waals surface area contributed by atoms with Crippen LogP contribution in [0.3, 0.4) is 0 Å². The van der Waals surface area contributed by atoms with Crippen LogP contribution in [0.1, 0.15) is 28.9 Å². The third-order valence-electron chi connectivity index (χ3n) is 3.85. The van der Waals surface area contributed by atoms with Crippen LogP contribution in [0, 0.1) is 0 Å². The lowest BCUT2D eigenvalue weighted by molar-refractivity contribution is -0.136. The summed E-state index contributed by atoms with van der Waals surface area (Å²) in [6.45, 7) is 1.78. The Labute approximate surface area is 138 Å². The number of hydrogen-bond acceptors (Lipinski definition) is 7. The summed E-state index contributed by atoms with van der Waals surface area (Å²) in [6.07, 6.45) is 1.41. The van der Waals surface area contributed by atoms with E-state index < -0.39 is 18.0 Å². The number of methoxy groups -OCH3 is 2. The molecule has 0 spiro atoms. The van der Waals surface area contributed by atoms with Gasteiger partial charge in [-0.1, -0.05) is 12.1 Å². The Bertz CT molecular complexity index is 823. The van der Waals surface area contributed by atoms with Gasteiger partial charge >= 0.3 is 11.9 Å². The van der Waals surface area contributed by atoms with Crippen LogP contribution >= 0.6 is 0 Å². The summed E-state index contributed by atoms with van der Waals surface area (Å²) in [5, 5.41) is 7.24. The van der Waals surface area contributed by atoms with E-state index in [0.717, 1.165) is 5.56 Å². The summed E-state index contributed by atoms with van der Waals surface area (Å²) in [4.78, 5) is 28.0. The zero-order valence-corrected chi connectivity index (χ0v) is 13.4. The number of allylic oxidation sites excluding steroid dienone is 1. The highest BCUT2D eigenvalue weighted by Crippen LogP contribution is 2.35. The highest BCUT2D eigenvalue weighted by molar-refractivity contribution is 5.92. The van der Waals surface area contributed by atoms with Crippen LogP contribution in [0.25, 0.3) is 0 Å². The lowest BCUT2D eigenvalue weighted by atomic mass is 9.95. The molecule has 3 rings (SSSR count). The Morgan fingerprint density at radius 2 is 1.79 bits per heavy atom. The minimum atomic E-state index is -0.497. The van der Waals surface area contributed by atoms with Gasteiger partial charge in [0, 0.05) is 5.70 Å². The highest BCUT2D eigenvalue weighted by Gasteiger charge is 2.34. The fraction of sp³-hybridized carbons (Fsp3) is 0.250. The maximum Gasteiger partial charge on any atom is 0.338 e. The molecule has 0 aliphatic carbocycles. The number of nitrogens with zero attached hydrogens (tertiary/aromatic N) is 3. The van der Waals surface area contributed by atoms with E-state index in [1.54, 1.807) is 35.9 Å². The van der Waals surface area contributed by atoms with Crippen molar-refractivity contribution < 1.29 is 19.1 Å². The average molecular weight is 328 g/mol. The van der Waals surface area contributed by atoms with Crippen molar-refractivity contribution in [3.05, 3.63) is 53.0 Å². The average Bonchev–Trinajstić information content (AvgIpc) is 3.07. The van der Waals surface area contributed by atoms with Crippen molar-refractivity contribution >= 4 is 17.9 Å². The van der Waals surface area contributed by atoms with Crippen molar-refractivity contribution in [3.63, 3.8) is 0 Å². The number of ether oxygens (including phenoxy) is 2. The topological polar surface area (TPSA) is 95.3 Å². The SMILES string of the molecule is COC(=O)C1=C(C)Nc2ncnn2[C@@H]1c1ccc(C(=O)OC)cc1. The van der Waals surface area contributed by atoms with Crippen LogP contribution in [0.4, 0.5) is 5.95 Å². The molecule has 1 N–H and O–H groups in total. The van der Waals surface area contributed by atoms with Crippen LogP contribution in [0.15, 0.2) is 41.9 Å². The molecule has 0 bridgehead atoms. The fourth-order valence-corrected chi connectivity index (χ4v) is 2.69. The standard InChI is InChI=1S/C16H16N4O4/c1-9-12(15(22)24-3)13(20-16(19-9)17-8-18-20)10-4-6-11(7-5-10)14(21)23-2/h4-8,13H,1-3H3,(H,17,18,19)/t13-/m1/s1. The summed E-state index contributed by atoms with van der Waals surface area (Å²) >= 11 is 0. The molecule has 1 atom stereocenters. The van der Waals surface area contributed by atoms with Gasteiger partial charge in [0.2, 0.25) is 5.95 Å². The smallest absolute Gasteiger partial charge is 0.338 e. The van der Waals surface area contributed by atoms with Gasteiger partial charge in [-0.3, -0.25) is 0 Å². The number of aromatic nitrogens is 3. The summed E-state index contributed by atoms with van der Waals surface area (Å²) < 4.78 is 11.2. The number of carbonyl (C=O) groups excluding carboxylic acids is 2. The molecule has 0 amide bonds. The van der Waals surface area contributed by atoms with Gasteiger partial charge in [-0.05, 0) is 24.6 Å². The predicted octanol–water partition coefficient (Wildman–Crippen LogP) is 1.53. The van der Waals surface area contributed by atoms with Gasteiger partial charge in [0.25, 0.3) is 0 Å². The first-order valence-electron chi connectivity index (χ1n) is 7.20. The van der Waals surface area contributed by atoms with Crippen molar-refractivity contribution in [2.24, 2.45) is 0 Å². The predicted molar refractivity (Wildman–Crippen MR) is 84.3 cm³/mol. The van der Waals surface area contributed by atoms with Crippen molar-refractivity contribution in [1.29, 1.82) is 0 Å². The lowest BCUT2D eigenvalue weighted by Crippen LogP contribution is -2.29. The number of benzene rings is 1. The van der Waals surface area contributed by atoms with E-state index in [9.17, 15) is 9.59 Å². The highest BCUT2D eigenvalue weighted by atomic mass is 16.5. The summed E-state index contributed by atoms with van der Waals surface area (Å²) in [7, 11) is 2.66. The molecule has 0 fully saturated rings. The summed E-state index contributed by atoms with van der Waals surface area (Å²) in [5.41, 5.74) is 2.27. The molecule has 24 heavy (non-hydrogen) atoms. The van der Waals surface area contributed by atoms with E-state index in [-0.39, 0.29) is 0 Å². The maximum atomic E-state index is 12.3. The number of anilines is 1. The minimum Gasteiger partial charge on any atom is -0.466 e. The number of fused-ring (bicyclic) bond motifs is 1. The molecular weight excluding hydrogens is 312 g/mol. The van der Waals surface area contributed by atoms with Gasteiger partial charge < -0.3 is 14.8 Å². The molecule has 2 heterocycles. The van der Waals surface area contributed by atoms with E-state index in [4.69, 9.17) is 9.47 Å². The van der Waals surface area contributed by atoms with E-state index in [0.29, 0.717) is 22.8 Å². The van der Waals surface area contributed by atoms with Crippen LogP contribution in [-0.4, -0.2) is 40.9 Å². The van der Waals surface area contributed by atoms with Crippen molar-refractivity contribution in [1.82, 2.24) is 14.8 Å². The Hall–Kier alpha value is -3.16. The van der Waals surface area contributed by atoms with Gasteiger partial charge in [-0.2, -0.15) is 10.1 Å². The van der Waals surface area contributed by atoms with Crippen LogP contribution < -0.4 is 5.32 Å². The Kier molecular flexibility index (Phi) is 4.03. The van der Waals surface area contributed by atoms with E-state index in [1.165, 1.54) is 20.5 Å². The first-order valence-corrected chi connectivity index (χ1v) is 7.20. The molecule has 124 valence electrons. The first kappa shape index (κ1) is 15.7. The van der Waals surface area contributed by atoms with Gasteiger partial charge in [-0.25, -0.2) is 14.3 Å². The molecule has 1 aromatic carbocycles. The third-order valence-corrected chi connectivity index (χ3v) is 3.85. The largest absolute Gasteiger partial charge is 0.466 e. The molecule has 1 aliphatic rings. The molecule has 8 heteroatoms. The number of esters is 2. The normalized spacial score (nSPS) is 16.2. The molecule has 0 saturated carbocycles. The molecule has 0 unspecified atom stereocenters. The maximum absolute atomic E-state index is 12.3. The van der Waals surface area contributed by atoms with Gasteiger partial charge in [0.15, 0.2) is 0 Å². The first-order chi connectivity index (χ1) is 11.6. The van der Waals surface area contributed by atoms with Gasteiger partial charge in [-0.15, -0.1) is 0 Å². The lowest BCUT2D eigenvalue weighted by Gasteiger charge is -2.27. The van der Waals surface area contributed by atoms with Crippen molar-refractivity contribution in [2.45, 2.75) is 13.0 Å². The molecule has 2 aromatic rings. The van der Waals surface area contributed by atoms with Gasteiger partial charge in [0.05, 0.1) is 25.4 Å². The number of nitrogens with one attached hydrogen (secondary N) is 1. The minimum absolute atomic E-state index is 0.423. The number of hydrogen-bond donors (Lipinski definition) is 1. The molecule has 1 aromatic heterocycles. The van der Waals surface area contributed by atoms with Gasteiger partial charge in [0.1, 0.15) is 12.4 Å². The Morgan fingerprint density at radius 1 is 1.12 bits per heavy atom. The summed E-state index contributed by atoms with van der Waals surface area (Å²) in [6, 6.07) is 6.30. The third kappa shape index (κ3) is 2.51. The van der Waals surface area contributed by atoms with E-state index in [2.05, 4.69) is 15.4 Å². The number of rotatable bonds is 3. The number of carbonyl (C=O) groups is 2. The van der Waals surface area contributed by atoms with Crippen LogP contribution in [0.2, 0.25) is 0 Å². The van der Waals surface area contributed by atoms with E-state index in [1.807, 2.05) is 0 Å². The second-order valence-electron chi connectivity index (χ2n) is 5.20. The molecular formula is C16H16N4O4. The zero-order valence-electron chi connectivity index (χ0n) is 13.4. The van der Waals surface area contributed by atoms with E-state index >= 15 is 0 Å².